The second-order valence-corrected chi connectivity index (χ2v) is 6.65. The molecule has 118 valence electrons. The highest BCUT2D eigenvalue weighted by molar-refractivity contribution is 8.13. The van der Waals surface area contributed by atoms with Crippen molar-refractivity contribution >= 4 is 28.5 Å². The monoisotopic (exact) mass is 344 g/mol. The summed E-state index contributed by atoms with van der Waals surface area (Å²) in [5.74, 6) is 0.606. The number of hydrogen-bond acceptors (Lipinski definition) is 3. The van der Waals surface area contributed by atoms with Crippen molar-refractivity contribution < 1.29 is 9.53 Å². The molecule has 3 rings (SSSR count). The van der Waals surface area contributed by atoms with Gasteiger partial charge in [0.05, 0.1) is 0 Å². The molecule has 0 saturated heterocycles. The average molecular weight is 345 g/mol. The van der Waals surface area contributed by atoms with Crippen molar-refractivity contribution in [3.05, 3.63) is 82.6 Å². The third kappa shape index (κ3) is 3.80. The zero-order valence-electron chi connectivity index (χ0n) is 12.7. The van der Waals surface area contributed by atoms with Crippen molar-refractivity contribution in [1.82, 2.24) is 0 Å². The molecular weight excluding hydrogens is 328 g/mol. The van der Waals surface area contributed by atoms with Gasteiger partial charge < -0.3 is 4.74 Å². The molecule has 0 radical (unpaired) electrons. The molecule has 0 saturated carbocycles. The minimum absolute atomic E-state index is 0.0374. The Labute approximate surface area is 145 Å². The van der Waals surface area contributed by atoms with Crippen molar-refractivity contribution in [2.24, 2.45) is 0 Å². The van der Waals surface area contributed by atoms with Crippen LogP contribution in [0.5, 0.6) is 0 Å². The second kappa shape index (κ2) is 7.24. The van der Waals surface area contributed by atoms with Crippen molar-refractivity contribution in [3.8, 4) is 0 Å². The third-order valence-corrected chi connectivity index (χ3v) is 4.77. The normalized spacial score (nSPS) is 20.5. The molecule has 0 fully saturated rings. The van der Waals surface area contributed by atoms with Crippen molar-refractivity contribution in [1.29, 1.82) is 0 Å². The molecule has 1 aliphatic rings. The lowest BCUT2D eigenvalue weighted by Gasteiger charge is -2.29. The van der Waals surface area contributed by atoms with Crippen LogP contribution in [0.1, 0.15) is 29.6 Å². The molecule has 0 spiro atoms. The van der Waals surface area contributed by atoms with Crippen LogP contribution in [-0.2, 0) is 9.53 Å². The largest absolute Gasteiger partial charge is 0.481 e. The van der Waals surface area contributed by atoms with Crippen LogP contribution in [0, 0.1) is 0 Å². The number of allylic oxidation sites excluding steroid dienone is 1. The molecule has 2 atom stereocenters. The number of rotatable bonds is 3. The van der Waals surface area contributed by atoms with Crippen molar-refractivity contribution in [2.45, 2.75) is 18.4 Å². The fourth-order valence-corrected chi connectivity index (χ4v) is 3.20. The summed E-state index contributed by atoms with van der Waals surface area (Å²) in [6.45, 7) is 0. The van der Waals surface area contributed by atoms with Gasteiger partial charge in [-0.25, -0.2) is 0 Å². The first-order valence-electron chi connectivity index (χ1n) is 7.44. The minimum atomic E-state index is -0.145. The zero-order chi connectivity index (χ0) is 16.2. The summed E-state index contributed by atoms with van der Waals surface area (Å²) in [6, 6.07) is 17.8. The van der Waals surface area contributed by atoms with Crippen LogP contribution < -0.4 is 0 Å². The van der Waals surface area contributed by atoms with Crippen LogP contribution in [0.3, 0.4) is 0 Å². The molecule has 23 heavy (non-hydrogen) atoms. The van der Waals surface area contributed by atoms with Crippen molar-refractivity contribution in [3.63, 3.8) is 0 Å². The number of thioether (sulfide) groups is 1. The molecule has 2 aromatic carbocycles. The summed E-state index contributed by atoms with van der Waals surface area (Å²) in [4.78, 5) is 12.1. The highest BCUT2D eigenvalue weighted by Gasteiger charge is 2.28. The van der Waals surface area contributed by atoms with Crippen LogP contribution >= 0.6 is 23.4 Å². The predicted octanol–water partition coefficient (Wildman–Crippen LogP) is 5.36. The van der Waals surface area contributed by atoms with E-state index >= 15 is 0 Å². The van der Waals surface area contributed by atoms with Crippen LogP contribution in [0.2, 0.25) is 5.02 Å². The highest BCUT2D eigenvalue weighted by Crippen LogP contribution is 2.39. The number of ether oxygens (including phenoxy) is 1. The van der Waals surface area contributed by atoms with Gasteiger partial charge in [0, 0.05) is 10.9 Å². The van der Waals surface area contributed by atoms with Crippen molar-refractivity contribution in [2.75, 3.05) is 6.26 Å². The van der Waals surface area contributed by atoms with E-state index in [4.69, 9.17) is 16.3 Å². The maximum absolute atomic E-state index is 12.1. The Morgan fingerprint density at radius 1 is 1.09 bits per heavy atom. The summed E-state index contributed by atoms with van der Waals surface area (Å²) < 4.78 is 5.96. The summed E-state index contributed by atoms with van der Waals surface area (Å²) in [5.41, 5.74) is 2.23. The number of benzene rings is 2. The maximum Gasteiger partial charge on any atom is 0.253 e. The van der Waals surface area contributed by atoms with Gasteiger partial charge in [-0.15, -0.1) is 0 Å². The quantitative estimate of drug-likeness (QED) is 0.749. The fraction of sp³-hybridized carbons (Fsp3) is 0.211. The first kappa shape index (κ1) is 16.2. The Morgan fingerprint density at radius 2 is 1.78 bits per heavy atom. The smallest absolute Gasteiger partial charge is 0.253 e. The topological polar surface area (TPSA) is 26.3 Å². The lowest BCUT2D eigenvalue weighted by Crippen LogP contribution is -2.18. The van der Waals surface area contributed by atoms with Gasteiger partial charge in [0.15, 0.2) is 5.76 Å². The van der Waals surface area contributed by atoms with Gasteiger partial charge in [-0.1, -0.05) is 65.8 Å². The Morgan fingerprint density at radius 3 is 2.43 bits per heavy atom. The van der Waals surface area contributed by atoms with E-state index in [0.717, 1.165) is 12.0 Å². The van der Waals surface area contributed by atoms with Crippen LogP contribution in [-0.4, -0.2) is 11.4 Å². The number of halogens is 1. The highest BCUT2D eigenvalue weighted by atomic mass is 35.5. The first-order valence-corrected chi connectivity index (χ1v) is 9.05. The van der Waals surface area contributed by atoms with Crippen LogP contribution in [0.15, 0.2) is 66.4 Å². The Kier molecular flexibility index (Phi) is 5.09. The van der Waals surface area contributed by atoms with Gasteiger partial charge in [-0.05, 0) is 42.0 Å². The van der Waals surface area contributed by atoms with Crippen LogP contribution in [0.4, 0.5) is 0 Å². The van der Waals surface area contributed by atoms with E-state index in [1.807, 2.05) is 48.5 Å². The molecule has 0 unspecified atom stereocenters. The van der Waals surface area contributed by atoms with E-state index in [1.165, 1.54) is 17.3 Å². The van der Waals surface area contributed by atoms with Crippen LogP contribution in [0.25, 0.3) is 0 Å². The number of carbonyl (C=O) groups is 1. The third-order valence-electron chi connectivity index (χ3n) is 3.95. The molecule has 0 aliphatic carbocycles. The SMILES string of the molecule is CSC(=O)C1=C[C@H](c2ccccc2)C[C@H](c2ccc(Cl)cc2)O1. The van der Waals surface area contributed by atoms with E-state index in [-0.39, 0.29) is 17.1 Å². The fourth-order valence-electron chi connectivity index (χ4n) is 2.75. The number of carbonyl (C=O) groups excluding carboxylic acids is 1. The lowest BCUT2D eigenvalue weighted by molar-refractivity contribution is -0.112. The molecule has 0 amide bonds. The Bertz CT molecular complexity index is 710. The molecule has 0 aromatic heterocycles. The maximum atomic E-state index is 12.1. The molecule has 2 aromatic rings. The lowest BCUT2D eigenvalue weighted by atomic mass is 9.88. The van der Waals surface area contributed by atoms with Gasteiger partial charge in [0.1, 0.15) is 6.10 Å². The zero-order valence-corrected chi connectivity index (χ0v) is 14.3. The molecule has 2 nitrogen and oxygen atoms in total. The Balaban J connectivity index is 1.93. The van der Waals surface area contributed by atoms with E-state index in [2.05, 4.69) is 12.1 Å². The molecule has 1 aliphatic heterocycles. The molecule has 4 heteroatoms. The summed E-state index contributed by atoms with van der Waals surface area (Å²) in [7, 11) is 0. The predicted molar refractivity (Wildman–Crippen MR) is 95.7 cm³/mol. The minimum Gasteiger partial charge on any atom is -0.481 e. The van der Waals surface area contributed by atoms with Gasteiger partial charge in [0.25, 0.3) is 5.12 Å². The van der Waals surface area contributed by atoms with Gasteiger partial charge in [-0.3, -0.25) is 4.79 Å². The average Bonchev–Trinajstić information content (AvgIpc) is 2.62. The molecule has 1 heterocycles. The Hall–Kier alpha value is -1.71. The molecule has 0 N–H and O–H groups in total. The first-order chi connectivity index (χ1) is 11.2. The van der Waals surface area contributed by atoms with E-state index in [9.17, 15) is 4.79 Å². The molecule has 0 bridgehead atoms. The number of hydrogen-bond donors (Lipinski definition) is 0. The standard InChI is InChI=1S/C19H17ClO2S/c1-23-19(21)18-12-15(13-5-3-2-4-6-13)11-17(22-18)14-7-9-16(20)10-8-14/h2-10,12,15,17H,11H2,1H3/t15-,17-/m1/s1. The second-order valence-electron chi connectivity index (χ2n) is 5.43. The molecular formula is C19H17ClO2S. The summed E-state index contributed by atoms with van der Waals surface area (Å²) in [5, 5.41) is 0.657. The van der Waals surface area contributed by atoms with E-state index < -0.39 is 0 Å². The van der Waals surface area contributed by atoms with Gasteiger partial charge in [0.2, 0.25) is 0 Å². The van der Waals surface area contributed by atoms with E-state index in [1.54, 1.807) is 6.26 Å². The van der Waals surface area contributed by atoms with E-state index in [0.29, 0.717) is 10.8 Å². The van der Waals surface area contributed by atoms with Gasteiger partial charge in [-0.2, -0.15) is 0 Å². The summed E-state index contributed by atoms with van der Waals surface area (Å²) >= 11 is 7.14. The summed E-state index contributed by atoms with van der Waals surface area (Å²) in [6.07, 6.45) is 4.38. The van der Waals surface area contributed by atoms with Gasteiger partial charge >= 0.3 is 0 Å².